The molecule has 0 bridgehead atoms. The molecule has 0 amide bonds. The van der Waals surface area contributed by atoms with Crippen molar-refractivity contribution in [3.8, 4) is 0 Å². The molecule has 2 heteroatoms. The van der Waals surface area contributed by atoms with Gasteiger partial charge in [0, 0.05) is 11.8 Å². The van der Waals surface area contributed by atoms with Gasteiger partial charge < -0.3 is 5.32 Å². The van der Waals surface area contributed by atoms with E-state index in [-0.39, 0.29) is 0 Å². The second kappa shape index (κ2) is 6.91. The van der Waals surface area contributed by atoms with Gasteiger partial charge in [-0.1, -0.05) is 31.2 Å². The fourth-order valence-corrected chi connectivity index (χ4v) is 1.81. The van der Waals surface area contributed by atoms with E-state index < -0.39 is 0 Å². The van der Waals surface area contributed by atoms with Crippen LogP contribution in [0.1, 0.15) is 24.5 Å². The molecule has 15 heavy (non-hydrogen) atoms. The van der Waals surface area contributed by atoms with Crippen LogP contribution in [0.2, 0.25) is 0 Å². The fourth-order valence-electron chi connectivity index (χ4n) is 1.45. The van der Waals surface area contributed by atoms with Crippen LogP contribution in [0, 0.1) is 6.92 Å². The third-order valence-electron chi connectivity index (χ3n) is 2.71. The highest BCUT2D eigenvalue weighted by molar-refractivity contribution is 7.99. The van der Waals surface area contributed by atoms with Crippen molar-refractivity contribution in [2.75, 3.05) is 12.8 Å². The first-order chi connectivity index (χ1) is 7.24. The van der Waals surface area contributed by atoms with Crippen LogP contribution in [-0.4, -0.2) is 18.1 Å². The van der Waals surface area contributed by atoms with Crippen molar-refractivity contribution in [1.29, 1.82) is 0 Å². The van der Waals surface area contributed by atoms with Crippen molar-refractivity contribution in [2.45, 2.75) is 32.1 Å². The van der Waals surface area contributed by atoms with Gasteiger partial charge in [0.15, 0.2) is 0 Å². The summed E-state index contributed by atoms with van der Waals surface area (Å²) in [7, 11) is 0. The average Bonchev–Trinajstić information content (AvgIpc) is 2.26. The van der Waals surface area contributed by atoms with Gasteiger partial charge in [0.1, 0.15) is 0 Å². The molecule has 0 aliphatic heterocycles. The predicted octanol–water partition coefficient (Wildman–Crippen LogP) is 3.23. The van der Waals surface area contributed by atoms with E-state index in [9.17, 15) is 0 Å². The molecule has 1 rings (SSSR count). The van der Waals surface area contributed by atoms with E-state index in [1.807, 2.05) is 11.8 Å². The molecule has 0 spiro atoms. The Balaban J connectivity index is 2.23. The van der Waals surface area contributed by atoms with Crippen molar-refractivity contribution >= 4 is 11.8 Å². The summed E-state index contributed by atoms with van der Waals surface area (Å²) < 4.78 is 0. The average molecular weight is 223 g/mol. The summed E-state index contributed by atoms with van der Waals surface area (Å²) in [6.45, 7) is 6.55. The zero-order valence-corrected chi connectivity index (χ0v) is 10.7. The van der Waals surface area contributed by atoms with Crippen LogP contribution in [0.4, 0.5) is 0 Å². The Morgan fingerprint density at radius 3 is 2.73 bits per heavy atom. The van der Waals surface area contributed by atoms with E-state index in [1.54, 1.807) is 0 Å². The molecule has 0 aliphatic carbocycles. The second-order valence-electron chi connectivity index (χ2n) is 3.94. The molecule has 84 valence electrons. The summed E-state index contributed by atoms with van der Waals surface area (Å²) in [5.41, 5.74) is 2.79. The van der Waals surface area contributed by atoms with Gasteiger partial charge in [-0.15, -0.1) is 0 Å². The fraction of sp³-hybridized carbons (Fsp3) is 0.538. The predicted molar refractivity (Wildman–Crippen MR) is 70.5 cm³/mol. The molecule has 0 aliphatic rings. The van der Waals surface area contributed by atoms with E-state index in [1.165, 1.54) is 17.5 Å². The largest absolute Gasteiger partial charge is 0.313 e. The Bertz CT molecular complexity index is 286. The maximum Gasteiger partial charge on any atom is 0.0208 e. The molecular weight excluding hydrogens is 202 g/mol. The van der Waals surface area contributed by atoms with Crippen LogP contribution >= 0.6 is 11.8 Å². The first-order valence-corrected chi connectivity index (χ1v) is 6.81. The zero-order valence-electron chi connectivity index (χ0n) is 9.92. The lowest BCUT2D eigenvalue weighted by atomic mass is 10.1. The topological polar surface area (TPSA) is 12.0 Å². The minimum absolute atomic E-state index is 0.759. The molecule has 1 aromatic rings. The van der Waals surface area contributed by atoms with Crippen LogP contribution in [0.25, 0.3) is 0 Å². The maximum absolute atomic E-state index is 3.49. The monoisotopic (exact) mass is 223 g/mol. The van der Waals surface area contributed by atoms with Crippen LogP contribution in [0.3, 0.4) is 0 Å². The number of aryl methyl sites for hydroxylation is 1. The molecule has 1 unspecified atom stereocenters. The maximum atomic E-state index is 3.49. The molecule has 0 saturated carbocycles. The third kappa shape index (κ3) is 4.72. The van der Waals surface area contributed by atoms with Gasteiger partial charge in [0.25, 0.3) is 0 Å². The quantitative estimate of drug-likeness (QED) is 0.743. The Morgan fingerprint density at radius 1 is 1.33 bits per heavy atom. The molecular formula is C13H21NS. The van der Waals surface area contributed by atoms with E-state index in [0.717, 1.165) is 18.3 Å². The first-order valence-electron chi connectivity index (χ1n) is 5.52. The lowest BCUT2D eigenvalue weighted by Crippen LogP contribution is -2.18. The van der Waals surface area contributed by atoms with Crippen molar-refractivity contribution in [3.05, 3.63) is 35.4 Å². The summed E-state index contributed by atoms with van der Waals surface area (Å²) in [6, 6.07) is 8.56. The molecule has 1 atom stereocenters. The molecule has 1 nitrogen and oxygen atoms in total. The van der Waals surface area contributed by atoms with Crippen LogP contribution < -0.4 is 5.32 Å². The van der Waals surface area contributed by atoms with Gasteiger partial charge in [0.2, 0.25) is 0 Å². The number of benzene rings is 1. The van der Waals surface area contributed by atoms with Gasteiger partial charge in [-0.05, 0) is 37.3 Å². The Morgan fingerprint density at radius 2 is 2.07 bits per heavy atom. The SMILES string of the molecule is CSC(C)CCNCc1ccccc1C. The Hall–Kier alpha value is -0.470. The summed E-state index contributed by atoms with van der Waals surface area (Å²) in [5.74, 6) is 0. The molecule has 0 heterocycles. The van der Waals surface area contributed by atoms with E-state index in [4.69, 9.17) is 0 Å². The van der Waals surface area contributed by atoms with Gasteiger partial charge in [-0.25, -0.2) is 0 Å². The lowest BCUT2D eigenvalue weighted by Gasteiger charge is -2.10. The molecule has 0 saturated heterocycles. The number of hydrogen-bond acceptors (Lipinski definition) is 2. The summed E-state index contributed by atoms with van der Waals surface area (Å²) >= 11 is 1.93. The molecule has 0 fully saturated rings. The van der Waals surface area contributed by atoms with Crippen LogP contribution in [0.15, 0.2) is 24.3 Å². The van der Waals surface area contributed by atoms with E-state index >= 15 is 0 Å². The minimum Gasteiger partial charge on any atom is -0.313 e. The van der Waals surface area contributed by atoms with Gasteiger partial charge >= 0.3 is 0 Å². The molecule has 0 radical (unpaired) electrons. The minimum atomic E-state index is 0.759. The highest BCUT2D eigenvalue weighted by Gasteiger charge is 1.99. The first kappa shape index (κ1) is 12.6. The highest BCUT2D eigenvalue weighted by atomic mass is 32.2. The number of thioether (sulfide) groups is 1. The van der Waals surface area contributed by atoms with Gasteiger partial charge in [-0.3, -0.25) is 0 Å². The normalized spacial score (nSPS) is 12.7. The van der Waals surface area contributed by atoms with Crippen molar-refractivity contribution in [2.24, 2.45) is 0 Å². The Labute approximate surface area is 97.7 Å². The van der Waals surface area contributed by atoms with Crippen molar-refractivity contribution in [3.63, 3.8) is 0 Å². The Kier molecular flexibility index (Phi) is 5.81. The summed E-state index contributed by atoms with van der Waals surface area (Å²) in [6.07, 6.45) is 3.42. The van der Waals surface area contributed by atoms with Crippen molar-refractivity contribution in [1.82, 2.24) is 5.32 Å². The molecule has 1 N–H and O–H groups in total. The molecule has 1 aromatic carbocycles. The summed E-state index contributed by atoms with van der Waals surface area (Å²) in [5, 5.41) is 4.25. The number of nitrogens with one attached hydrogen (secondary N) is 1. The highest BCUT2D eigenvalue weighted by Crippen LogP contribution is 2.09. The standard InChI is InChI=1S/C13H21NS/c1-11-6-4-5-7-13(11)10-14-9-8-12(2)15-3/h4-7,12,14H,8-10H2,1-3H3. The third-order valence-corrected chi connectivity index (χ3v) is 3.75. The van der Waals surface area contributed by atoms with E-state index in [2.05, 4.69) is 49.7 Å². The van der Waals surface area contributed by atoms with E-state index in [0.29, 0.717) is 0 Å². The summed E-state index contributed by atoms with van der Waals surface area (Å²) in [4.78, 5) is 0. The van der Waals surface area contributed by atoms with Gasteiger partial charge in [-0.2, -0.15) is 11.8 Å². The van der Waals surface area contributed by atoms with Crippen LogP contribution in [-0.2, 0) is 6.54 Å². The second-order valence-corrected chi connectivity index (χ2v) is 5.21. The van der Waals surface area contributed by atoms with Crippen LogP contribution in [0.5, 0.6) is 0 Å². The molecule has 0 aromatic heterocycles. The number of hydrogen-bond donors (Lipinski definition) is 1. The zero-order chi connectivity index (χ0) is 11.1. The lowest BCUT2D eigenvalue weighted by molar-refractivity contribution is 0.646. The smallest absolute Gasteiger partial charge is 0.0208 e. The van der Waals surface area contributed by atoms with Crippen molar-refractivity contribution < 1.29 is 0 Å². The van der Waals surface area contributed by atoms with Gasteiger partial charge in [0.05, 0.1) is 0 Å². The number of rotatable bonds is 6.